The molecular formula is C14H13Cl2NO. The van der Waals surface area contributed by atoms with Gasteiger partial charge in [-0.1, -0.05) is 41.4 Å². The van der Waals surface area contributed by atoms with Crippen LogP contribution in [-0.2, 0) is 6.42 Å². The molecule has 0 aliphatic heterocycles. The summed E-state index contributed by atoms with van der Waals surface area (Å²) in [6, 6.07) is 12.9. The summed E-state index contributed by atoms with van der Waals surface area (Å²) in [4.78, 5) is 0. The summed E-state index contributed by atoms with van der Waals surface area (Å²) in [6.45, 7) is 0.574. The number of hydrogen-bond donors (Lipinski definition) is 1. The lowest BCUT2D eigenvalue weighted by atomic mass is 10.1. The molecule has 94 valence electrons. The first-order valence-electron chi connectivity index (χ1n) is 5.61. The molecule has 0 aromatic heterocycles. The lowest BCUT2D eigenvalue weighted by Gasteiger charge is -2.09. The van der Waals surface area contributed by atoms with Crippen LogP contribution in [0.5, 0.6) is 11.5 Å². The second-order valence-electron chi connectivity index (χ2n) is 3.82. The van der Waals surface area contributed by atoms with Gasteiger partial charge in [0.15, 0.2) is 0 Å². The minimum atomic E-state index is 0.569. The van der Waals surface area contributed by atoms with Crippen LogP contribution in [0.2, 0.25) is 10.0 Å². The molecule has 0 bridgehead atoms. The molecule has 0 saturated carbocycles. The van der Waals surface area contributed by atoms with E-state index in [2.05, 4.69) is 0 Å². The van der Waals surface area contributed by atoms with Crippen LogP contribution in [0.15, 0.2) is 42.5 Å². The molecule has 0 heterocycles. The zero-order chi connectivity index (χ0) is 13.0. The van der Waals surface area contributed by atoms with E-state index in [1.165, 1.54) is 0 Å². The molecule has 0 saturated heterocycles. The Bertz CT molecular complexity index is 543. The van der Waals surface area contributed by atoms with E-state index >= 15 is 0 Å². The lowest BCUT2D eigenvalue weighted by molar-refractivity contribution is 0.483. The van der Waals surface area contributed by atoms with E-state index in [1.54, 1.807) is 12.1 Å². The second-order valence-corrected chi connectivity index (χ2v) is 4.64. The third kappa shape index (κ3) is 3.16. The third-order valence-electron chi connectivity index (χ3n) is 2.50. The van der Waals surface area contributed by atoms with Crippen molar-refractivity contribution in [3.05, 3.63) is 58.1 Å². The number of para-hydroxylation sites is 1. The molecule has 0 amide bonds. The molecule has 2 nitrogen and oxygen atoms in total. The van der Waals surface area contributed by atoms with E-state index in [4.69, 9.17) is 33.7 Å². The van der Waals surface area contributed by atoms with Gasteiger partial charge in [-0.2, -0.15) is 0 Å². The Morgan fingerprint density at radius 1 is 1.00 bits per heavy atom. The predicted molar refractivity (Wildman–Crippen MR) is 75.7 cm³/mol. The number of hydrogen-bond acceptors (Lipinski definition) is 2. The highest BCUT2D eigenvalue weighted by molar-refractivity contribution is 6.32. The van der Waals surface area contributed by atoms with Gasteiger partial charge in [0.1, 0.15) is 11.5 Å². The number of rotatable bonds is 4. The number of halogens is 2. The summed E-state index contributed by atoms with van der Waals surface area (Å²) >= 11 is 12.2. The number of ether oxygens (including phenoxy) is 1. The van der Waals surface area contributed by atoms with Crippen LogP contribution in [0.3, 0.4) is 0 Å². The fraction of sp³-hybridized carbons (Fsp3) is 0.143. The standard InChI is InChI=1S/C14H13Cl2NO/c15-12-3-1-2-4-14(12)18-11-6-5-10(7-8-17)13(16)9-11/h1-6,9H,7-8,17H2. The smallest absolute Gasteiger partial charge is 0.146 e. The highest BCUT2D eigenvalue weighted by Gasteiger charge is 2.05. The van der Waals surface area contributed by atoms with Gasteiger partial charge in [-0.3, -0.25) is 0 Å². The molecule has 4 heteroatoms. The van der Waals surface area contributed by atoms with Crippen molar-refractivity contribution in [2.24, 2.45) is 5.73 Å². The fourth-order valence-corrected chi connectivity index (χ4v) is 2.04. The van der Waals surface area contributed by atoms with Crippen molar-refractivity contribution in [2.75, 3.05) is 6.54 Å². The first-order valence-corrected chi connectivity index (χ1v) is 6.37. The van der Waals surface area contributed by atoms with Crippen LogP contribution >= 0.6 is 23.2 Å². The van der Waals surface area contributed by atoms with Crippen LogP contribution in [-0.4, -0.2) is 6.54 Å². The van der Waals surface area contributed by atoms with Crippen LogP contribution < -0.4 is 10.5 Å². The summed E-state index contributed by atoms with van der Waals surface area (Å²) in [5.41, 5.74) is 6.52. The molecule has 0 radical (unpaired) electrons. The van der Waals surface area contributed by atoms with Gasteiger partial charge < -0.3 is 10.5 Å². The number of nitrogens with two attached hydrogens (primary N) is 1. The molecule has 2 aromatic rings. The van der Waals surface area contributed by atoms with Crippen LogP contribution in [0.4, 0.5) is 0 Å². The highest BCUT2D eigenvalue weighted by Crippen LogP contribution is 2.31. The van der Waals surface area contributed by atoms with Crippen molar-refractivity contribution in [3.63, 3.8) is 0 Å². The van der Waals surface area contributed by atoms with Crippen LogP contribution in [0.25, 0.3) is 0 Å². The maximum Gasteiger partial charge on any atom is 0.146 e. The van der Waals surface area contributed by atoms with E-state index in [9.17, 15) is 0 Å². The number of benzene rings is 2. The summed E-state index contributed by atoms with van der Waals surface area (Å²) in [6.07, 6.45) is 0.755. The summed E-state index contributed by atoms with van der Waals surface area (Å²) in [5, 5.41) is 1.23. The maximum atomic E-state index is 6.15. The largest absolute Gasteiger partial charge is 0.456 e. The molecule has 0 atom stereocenters. The van der Waals surface area contributed by atoms with E-state index in [1.807, 2.05) is 30.3 Å². The first kappa shape index (κ1) is 13.2. The summed E-state index contributed by atoms with van der Waals surface area (Å²) < 4.78 is 5.68. The first-order chi connectivity index (χ1) is 8.70. The van der Waals surface area contributed by atoms with Gasteiger partial charge in [-0.05, 0) is 42.8 Å². The Labute approximate surface area is 116 Å². The Hall–Kier alpha value is -1.22. The zero-order valence-corrected chi connectivity index (χ0v) is 11.2. The summed E-state index contributed by atoms with van der Waals surface area (Å²) in [7, 11) is 0. The normalized spacial score (nSPS) is 10.4. The Morgan fingerprint density at radius 3 is 2.44 bits per heavy atom. The third-order valence-corrected chi connectivity index (χ3v) is 3.17. The van der Waals surface area contributed by atoms with Crippen LogP contribution in [0, 0.1) is 0 Å². The molecule has 0 spiro atoms. The van der Waals surface area contributed by atoms with Gasteiger partial charge in [0.05, 0.1) is 5.02 Å². The van der Waals surface area contributed by atoms with Crippen molar-refractivity contribution in [1.82, 2.24) is 0 Å². The molecule has 2 N–H and O–H groups in total. The molecule has 0 aliphatic rings. The zero-order valence-electron chi connectivity index (χ0n) is 9.70. The van der Waals surface area contributed by atoms with Gasteiger partial charge in [0.2, 0.25) is 0 Å². The Balaban J connectivity index is 2.20. The highest BCUT2D eigenvalue weighted by atomic mass is 35.5. The van der Waals surface area contributed by atoms with Crippen molar-refractivity contribution in [3.8, 4) is 11.5 Å². The van der Waals surface area contributed by atoms with E-state index in [-0.39, 0.29) is 0 Å². The van der Waals surface area contributed by atoms with Gasteiger partial charge in [-0.25, -0.2) is 0 Å². The fourth-order valence-electron chi connectivity index (χ4n) is 1.60. The average Bonchev–Trinajstić information content (AvgIpc) is 2.36. The molecule has 0 aliphatic carbocycles. The minimum Gasteiger partial charge on any atom is -0.456 e. The SMILES string of the molecule is NCCc1ccc(Oc2ccccc2Cl)cc1Cl. The molecule has 0 fully saturated rings. The van der Waals surface area contributed by atoms with Gasteiger partial charge >= 0.3 is 0 Å². The maximum absolute atomic E-state index is 6.15. The van der Waals surface area contributed by atoms with Crippen LogP contribution in [0.1, 0.15) is 5.56 Å². The predicted octanol–water partition coefficient (Wildman–Crippen LogP) is 4.29. The Kier molecular flexibility index (Phi) is 4.48. The van der Waals surface area contributed by atoms with Crippen molar-refractivity contribution in [2.45, 2.75) is 6.42 Å². The quantitative estimate of drug-likeness (QED) is 0.908. The molecule has 18 heavy (non-hydrogen) atoms. The van der Waals surface area contributed by atoms with E-state index in [0.717, 1.165) is 12.0 Å². The molecule has 2 aromatic carbocycles. The van der Waals surface area contributed by atoms with Gasteiger partial charge in [-0.15, -0.1) is 0 Å². The van der Waals surface area contributed by atoms with Gasteiger partial charge in [0.25, 0.3) is 0 Å². The molecule has 0 unspecified atom stereocenters. The monoisotopic (exact) mass is 281 g/mol. The molecule has 2 rings (SSSR count). The molecular weight excluding hydrogens is 269 g/mol. The van der Waals surface area contributed by atoms with E-state index in [0.29, 0.717) is 28.1 Å². The second kappa shape index (κ2) is 6.10. The lowest BCUT2D eigenvalue weighted by Crippen LogP contribution is -2.03. The van der Waals surface area contributed by atoms with Crippen molar-refractivity contribution < 1.29 is 4.74 Å². The van der Waals surface area contributed by atoms with Crippen molar-refractivity contribution >= 4 is 23.2 Å². The Morgan fingerprint density at radius 2 is 1.78 bits per heavy atom. The van der Waals surface area contributed by atoms with E-state index < -0.39 is 0 Å². The minimum absolute atomic E-state index is 0.569. The van der Waals surface area contributed by atoms with Gasteiger partial charge in [0, 0.05) is 5.02 Å². The average molecular weight is 282 g/mol. The van der Waals surface area contributed by atoms with Crippen molar-refractivity contribution in [1.29, 1.82) is 0 Å². The topological polar surface area (TPSA) is 35.2 Å². The summed E-state index contributed by atoms with van der Waals surface area (Å²) in [5.74, 6) is 1.27.